The largest absolute Gasteiger partial charge is 0.493 e. The molecule has 0 N–H and O–H groups in total. The highest BCUT2D eigenvalue weighted by atomic mass is 16.5. The van der Waals surface area contributed by atoms with Crippen LogP contribution in [0.3, 0.4) is 0 Å². The molecule has 2 unspecified atom stereocenters. The van der Waals surface area contributed by atoms with Gasteiger partial charge >= 0.3 is 0 Å². The number of ketones is 1. The Bertz CT molecular complexity index is 747. The van der Waals surface area contributed by atoms with Crippen LogP contribution in [-0.4, -0.2) is 56.2 Å². The fourth-order valence-corrected chi connectivity index (χ4v) is 6.07. The predicted octanol–water partition coefficient (Wildman–Crippen LogP) is 1.70. The Morgan fingerprint density at radius 3 is 2.88 bits per heavy atom. The minimum atomic E-state index is -0.437. The first kappa shape index (κ1) is 14.7. The summed E-state index contributed by atoms with van der Waals surface area (Å²) >= 11 is 0. The Labute approximate surface area is 141 Å². The van der Waals surface area contributed by atoms with Gasteiger partial charge in [-0.15, -0.1) is 0 Å². The molecule has 0 amide bonds. The van der Waals surface area contributed by atoms with Gasteiger partial charge in [0.1, 0.15) is 0 Å². The van der Waals surface area contributed by atoms with E-state index in [0.717, 1.165) is 37.3 Å². The van der Waals surface area contributed by atoms with Gasteiger partial charge in [-0.2, -0.15) is 0 Å². The second kappa shape index (κ2) is 4.52. The molecule has 2 bridgehead atoms. The lowest BCUT2D eigenvalue weighted by molar-refractivity contribution is -0.198. The number of nitrogens with zero attached hydrogens (tertiary/aromatic N) is 1. The first-order valence-corrected chi connectivity index (χ1v) is 8.74. The van der Waals surface area contributed by atoms with E-state index in [-0.39, 0.29) is 22.8 Å². The van der Waals surface area contributed by atoms with Crippen molar-refractivity contribution in [2.45, 2.75) is 48.8 Å². The standard InChI is InChI=1S/C19H23NO4/c1-20-9-8-18-15-11-4-5-13(22-2)16(15)24-17(18)12(21)6-7-19(18,23-3)14(20)10-11/h4-5,14,17H,6-10H2,1-3H3/t14-,17?,18+,19?/m1/s1. The average Bonchev–Trinajstić information content (AvgIpc) is 2.95. The highest BCUT2D eigenvalue weighted by molar-refractivity contribution is 5.90. The minimum absolute atomic E-state index is 0.206. The summed E-state index contributed by atoms with van der Waals surface area (Å²) < 4.78 is 18.1. The fourth-order valence-electron chi connectivity index (χ4n) is 6.07. The van der Waals surface area contributed by atoms with Crippen LogP contribution < -0.4 is 9.47 Å². The summed E-state index contributed by atoms with van der Waals surface area (Å²) in [5.41, 5.74) is 1.74. The second-order valence-electron chi connectivity index (χ2n) is 7.61. The first-order valence-electron chi connectivity index (χ1n) is 8.74. The third-order valence-electron chi connectivity index (χ3n) is 7.05. The lowest BCUT2D eigenvalue weighted by Crippen LogP contribution is -2.76. The number of hydrogen-bond acceptors (Lipinski definition) is 5. The van der Waals surface area contributed by atoms with Crippen molar-refractivity contribution in [3.63, 3.8) is 0 Å². The van der Waals surface area contributed by atoms with Gasteiger partial charge in [0, 0.05) is 25.1 Å². The second-order valence-corrected chi connectivity index (χ2v) is 7.61. The summed E-state index contributed by atoms with van der Waals surface area (Å²) in [6, 6.07) is 4.40. The molecule has 24 heavy (non-hydrogen) atoms. The van der Waals surface area contributed by atoms with Gasteiger partial charge in [0.15, 0.2) is 23.4 Å². The number of benzene rings is 1. The minimum Gasteiger partial charge on any atom is -0.493 e. The van der Waals surface area contributed by atoms with Crippen molar-refractivity contribution in [2.24, 2.45) is 0 Å². The molecule has 4 atom stereocenters. The molecular formula is C19H23NO4. The van der Waals surface area contributed by atoms with Gasteiger partial charge in [0.05, 0.1) is 18.1 Å². The summed E-state index contributed by atoms with van der Waals surface area (Å²) in [6.07, 6.45) is 2.68. The molecule has 128 valence electrons. The van der Waals surface area contributed by atoms with Crippen molar-refractivity contribution in [2.75, 3.05) is 27.8 Å². The number of hydrogen-bond donors (Lipinski definition) is 0. The molecule has 2 aliphatic carbocycles. The maximum Gasteiger partial charge on any atom is 0.174 e. The monoisotopic (exact) mass is 329 g/mol. The summed E-state index contributed by atoms with van der Waals surface area (Å²) in [4.78, 5) is 15.2. The van der Waals surface area contributed by atoms with Crippen LogP contribution in [0.15, 0.2) is 12.1 Å². The molecule has 0 aromatic heterocycles. The van der Waals surface area contributed by atoms with E-state index >= 15 is 0 Å². The number of carbonyl (C=O) groups excluding carboxylic acids is 1. The zero-order valence-electron chi connectivity index (χ0n) is 14.4. The number of piperidine rings is 1. The number of likely N-dealkylation sites (tertiary alicyclic amines) is 1. The van der Waals surface area contributed by atoms with Gasteiger partial charge < -0.3 is 19.1 Å². The van der Waals surface area contributed by atoms with E-state index in [0.29, 0.717) is 6.42 Å². The molecule has 2 heterocycles. The lowest BCUT2D eigenvalue weighted by Gasteiger charge is -2.63. The van der Waals surface area contributed by atoms with Crippen molar-refractivity contribution in [1.29, 1.82) is 0 Å². The van der Waals surface area contributed by atoms with E-state index in [2.05, 4.69) is 18.0 Å². The van der Waals surface area contributed by atoms with Gasteiger partial charge in [0.2, 0.25) is 0 Å². The first-order chi connectivity index (χ1) is 11.6. The molecule has 1 saturated heterocycles. The zero-order chi connectivity index (χ0) is 16.7. The summed E-state index contributed by atoms with van der Waals surface area (Å²) in [5.74, 6) is 1.71. The zero-order valence-corrected chi connectivity index (χ0v) is 14.4. The molecule has 5 nitrogen and oxygen atoms in total. The molecule has 4 aliphatic rings. The van der Waals surface area contributed by atoms with Crippen LogP contribution in [0.2, 0.25) is 0 Å². The van der Waals surface area contributed by atoms with Gasteiger partial charge in [0.25, 0.3) is 0 Å². The Kier molecular flexibility index (Phi) is 2.78. The Hall–Kier alpha value is -1.59. The fraction of sp³-hybridized carbons (Fsp3) is 0.632. The molecule has 1 saturated carbocycles. The van der Waals surface area contributed by atoms with Crippen LogP contribution in [0.25, 0.3) is 0 Å². The van der Waals surface area contributed by atoms with Crippen molar-refractivity contribution in [3.05, 3.63) is 23.3 Å². The van der Waals surface area contributed by atoms with Crippen LogP contribution in [-0.2, 0) is 21.4 Å². The van der Waals surface area contributed by atoms with Crippen molar-refractivity contribution >= 4 is 5.78 Å². The highest BCUT2D eigenvalue weighted by Gasteiger charge is 2.73. The van der Waals surface area contributed by atoms with E-state index < -0.39 is 6.10 Å². The maximum absolute atomic E-state index is 12.8. The SMILES string of the molecule is COc1ccc2c3c1OC1C(=O)CCC4(OC)[C@@H](C2)N(C)CC[C@]314. The Balaban J connectivity index is 1.86. The number of ether oxygens (including phenoxy) is 3. The molecule has 5 rings (SSSR count). The average molecular weight is 329 g/mol. The molecule has 2 fully saturated rings. The van der Waals surface area contributed by atoms with Gasteiger partial charge in [-0.1, -0.05) is 6.07 Å². The lowest BCUT2D eigenvalue weighted by atomic mass is 9.49. The molecular weight excluding hydrogens is 306 g/mol. The smallest absolute Gasteiger partial charge is 0.174 e. The summed E-state index contributed by atoms with van der Waals surface area (Å²) in [7, 11) is 5.64. The topological polar surface area (TPSA) is 48.0 Å². The Morgan fingerprint density at radius 1 is 1.29 bits per heavy atom. The van der Waals surface area contributed by atoms with Crippen LogP contribution in [0, 0.1) is 0 Å². The maximum atomic E-state index is 12.8. The number of rotatable bonds is 2. The van der Waals surface area contributed by atoms with Crippen LogP contribution in [0.1, 0.15) is 30.4 Å². The molecule has 1 aromatic carbocycles. The molecule has 2 aliphatic heterocycles. The van der Waals surface area contributed by atoms with E-state index in [1.165, 1.54) is 11.1 Å². The number of likely N-dealkylation sites (N-methyl/N-ethyl adjacent to an activating group) is 1. The highest BCUT2D eigenvalue weighted by Crippen LogP contribution is 2.65. The summed E-state index contributed by atoms with van der Waals surface area (Å²) in [5, 5.41) is 0. The van der Waals surface area contributed by atoms with Crippen LogP contribution >= 0.6 is 0 Å². The van der Waals surface area contributed by atoms with Crippen LogP contribution in [0.4, 0.5) is 0 Å². The third-order valence-corrected chi connectivity index (χ3v) is 7.05. The van der Waals surface area contributed by atoms with E-state index in [9.17, 15) is 4.79 Å². The summed E-state index contributed by atoms with van der Waals surface area (Å²) in [6.45, 7) is 0.957. The van der Waals surface area contributed by atoms with E-state index in [1.807, 2.05) is 13.2 Å². The Morgan fingerprint density at radius 2 is 2.12 bits per heavy atom. The molecule has 1 aromatic rings. The number of carbonyl (C=O) groups is 1. The van der Waals surface area contributed by atoms with E-state index in [1.54, 1.807) is 7.11 Å². The molecule has 1 spiro atoms. The van der Waals surface area contributed by atoms with Gasteiger partial charge in [-0.25, -0.2) is 0 Å². The molecule has 5 heteroatoms. The van der Waals surface area contributed by atoms with Gasteiger partial charge in [-0.05, 0) is 44.5 Å². The van der Waals surface area contributed by atoms with Crippen molar-refractivity contribution in [3.8, 4) is 11.5 Å². The predicted molar refractivity (Wildman–Crippen MR) is 87.8 cm³/mol. The molecule has 0 radical (unpaired) electrons. The number of Topliss-reactive ketones (excluding diaryl/α,β-unsaturated/α-hetero) is 1. The normalized spacial score (nSPS) is 39.4. The number of methoxy groups -OCH3 is 2. The van der Waals surface area contributed by atoms with Gasteiger partial charge in [-0.3, -0.25) is 4.79 Å². The quantitative estimate of drug-likeness (QED) is 0.827. The van der Waals surface area contributed by atoms with Crippen molar-refractivity contribution in [1.82, 2.24) is 4.90 Å². The van der Waals surface area contributed by atoms with Crippen LogP contribution in [0.5, 0.6) is 11.5 Å². The van der Waals surface area contributed by atoms with Crippen molar-refractivity contribution < 1.29 is 19.0 Å². The third kappa shape index (κ3) is 1.35. The van der Waals surface area contributed by atoms with E-state index in [4.69, 9.17) is 14.2 Å².